The maximum absolute atomic E-state index is 12.3. The lowest BCUT2D eigenvalue weighted by atomic mass is 10.1. The molecule has 1 aromatic heterocycles. The van der Waals surface area contributed by atoms with Crippen molar-refractivity contribution in [3.05, 3.63) is 68.5 Å². The molecule has 0 saturated heterocycles. The van der Waals surface area contributed by atoms with Gasteiger partial charge in [-0.2, -0.15) is 0 Å². The summed E-state index contributed by atoms with van der Waals surface area (Å²) in [4.78, 5) is 17.9. The van der Waals surface area contributed by atoms with Gasteiger partial charge in [-0.1, -0.05) is 35.9 Å². The molecule has 0 saturated carbocycles. The summed E-state index contributed by atoms with van der Waals surface area (Å²) in [5.74, 6) is -0.186. The molecule has 0 fully saturated rings. The molecule has 1 amide bonds. The minimum Gasteiger partial charge on any atom is -0.298 e. The zero-order valence-corrected chi connectivity index (χ0v) is 15.3. The Balaban J connectivity index is 1.85. The van der Waals surface area contributed by atoms with E-state index >= 15 is 0 Å². The molecule has 0 radical (unpaired) electrons. The van der Waals surface area contributed by atoms with Gasteiger partial charge >= 0.3 is 0 Å². The van der Waals surface area contributed by atoms with Crippen molar-refractivity contribution in [2.75, 3.05) is 5.32 Å². The first-order valence-electron chi connectivity index (χ1n) is 6.84. The predicted molar refractivity (Wildman–Crippen MR) is 99.4 cm³/mol. The fraction of sp³-hybridized carbons (Fsp3) is 0.0588. The number of aromatic nitrogens is 1. The van der Waals surface area contributed by atoms with E-state index in [1.54, 1.807) is 6.07 Å². The van der Waals surface area contributed by atoms with Crippen molar-refractivity contribution in [2.24, 2.45) is 0 Å². The summed E-state index contributed by atoms with van der Waals surface area (Å²) in [6.45, 7) is 1.98. The quantitative estimate of drug-likeness (QED) is 0.597. The summed E-state index contributed by atoms with van der Waals surface area (Å²) in [6, 6.07) is 14.8. The van der Waals surface area contributed by atoms with Gasteiger partial charge in [-0.25, -0.2) is 4.98 Å². The first-order chi connectivity index (χ1) is 11.0. The number of carbonyl (C=O) groups excluding carboxylic acids is 1. The maximum atomic E-state index is 12.3. The van der Waals surface area contributed by atoms with E-state index in [1.165, 1.54) is 11.3 Å². The normalized spacial score (nSPS) is 10.6. The maximum Gasteiger partial charge on any atom is 0.258 e. The molecule has 3 nitrogen and oxygen atoms in total. The van der Waals surface area contributed by atoms with Gasteiger partial charge in [0.05, 0.1) is 11.3 Å². The molecule has 0 bridgehead atoms. The van der Waals surface area contributed by atoms with Crippen molar-refractivity contribution in [1.82, 2.24) is 4.98 Å². The second-order valence-electron chi connectivity index (χ2n) is 4.86. The smallest absolute Gasteiger partial charge is 0.258 e. The minimum atomic E-state index is -0.186. The molecule has 2 aromatic carbocycles. The number of hydrogen-bond acceptors (Lipinski definition) is 3. The Morgan fingerprint density at radius 1 is 1.17 bits per heavy atom. The van der Waals surface area contributed by atoms with Gasteiger partial charge in [-0.3, -0.25) is 10.1 Å². The number of halogens is 2. The molecule has 3 aromatic rings. The SMILES string of the molecule is Cc1sc(NC(=O)c2ccccc2Br)nc1-c1ccc(Cl)cc1. The third-order valence-electron chi connectivity index (χ3n) is 3.25. The summed E-state index contributed by atoms with van der Waals surface area (Å²) in [5.41, 5.74) is 2.41. The average Bonchev–Trinajstić information content (AvgIpc) is 2.89. The second-order valence-corrected chi connectivity index (χ2v) is 7.36. The Labute approximate surface area is 151 Å². The van der Waals surface area contributed by atoms with Gasteiger partial charge in [0.1, 0.15) is 0 Å². The molecule has 0 aliphatic rings. The molecule has 23 heavy (non-hydrogen) atoms. The van der Waals surface area contributed by atoms with Gasteiger partial charge in [-0.15, -0.1) is 11.3 Å². The number of rotatable bonds is 3. The molecular weight excluding hydrogens is 396 g/mol. The summed E-state index contributed by atoms with van der Waals surface area (Å²) < 4.78 is 0.753. The highest BCUT2D eigenvalue weighted by Gasteiger charge is 2.14. The predicted octanol–water partition coefficient (Wildman–Crippen LogP) is 5.79. The van der Waals surface area contributed by atoms with Gasteiger partial charge in [0.25, 0.3) is 5.91 Å². The first kappa shape index (κ1) is 16.2. The monoisotopic (exact) mass is 406 g/mol. The average molecular weight is 408 g/mol. The van der Waals surface area contributed by atoms with Crippen LogP contribution in [0, 0.1) is 6.92 Å². The van der Waals surface area contributed by atoms with Crippen LogP contribution in [0.25, 0.3) is 11.3 Å². The molecule has 0 spiro atoms. The van der Waals surface area contributed by atoms with Crippen LogP contribution in [0.15, 0.2) is 53.0 Å². The van der Waals surface area contributed by atoms with Crippen LogP contribution >= 0.6 is 38.9 Å². The molecule has 0 atom stereocenters. The number of carbonyl (C=O) groups is 1. The van der Waals surface area contributed by atoms with Crippen molar-refractivity contribution in [1.29, 1.82) is 0 Å². The summed E-state index contributed by atoms with van der Waals surface area (Å²) >= 11 is 10.8. The highest BCUT2D eigenvalue weighted by atomic mass is 79.9. The lowest BCUT2D eigenvalue weighted by molar-refractivity contribution is 0.102. The lowest BCUT2D eigenvalue weighted by Crippen LogP contribution is -2.12. The molecular formula is C17H12BrClN2OS. The van der Waals surface area contributed by atoms with Gasteiger partial charge in [-0.05, 0) is 47.1 Å². The number of anilines is 1. The molecule has 116 valence electrons. The topological polar surface area (TPSA) is 42.0 Å². The standard InChI is InChI=1S/C17H12BrClN2OS/c1-10-15(11-6-8-12(19)9-7-11)20-17(23-10)21-16(22)13-4-2-3-5-14(13)18/h2-9H,1H3,(H,20,21,22). The van der Waals surface area contributed by atoms with E-state index in [9.17, 15) is 4.79 Å². The minimum absolute atomic E-state index is 0.186. The third-order valence-corrected chi connectivity index (χ3v) is 5.08. The van der Waals surface area contributed by atoms with Gasteiger partial charge in [0, 0.05) is 19.9 Å². The molecule has 1 heterocycles. The number of benzene rings is 2. The zero-order chi connectivity index (χ0) is 16.4. The van der Waals surface area contributed by atoms with Crippen LogP contribution in [0.1, 0.15) is 15.2 Å². The van der Waals surface area contributed by atoms with Crippen LogP contribution in [0.5, 0.6) is 0 Å². The Kier molecular flexibility index (Phi) is 4.80. The highest BCUT2D eigenvalue weighted by molar-refractivity contribution is 9.10. The Morgan fingerprint density at radius 2 is 1.87 bits per heavy atom. The number of aryl methyl sites for hydroxylation is 1. The Morgan fingerprint density at radius 3 is 2.57 bits per heavy atom. The molecule has 3 rings (SSSR count). The lowest BCUT2D eigenvalue weighted by Gasteiger charge is -2.03. The Hall–Kier alpha value is -1.69. The largest absolute Gasteiger partial charge is 0.298 e. The van der Waals surface area contributed by atoms with E-state index in [1.807, 2.05) is 49.4 Å². The van der Waals surface area contributed by atoms with E-state index in [-0.39, 0.29) is 5.91 Å². The van der Waals surface area contributed by atoms with E-state index in [4.69, 9.17) is 11.6 Å². The highest BCUT2D eigenvalue weighted by Crippen LogP contribution is 2.31. The number of thiazole rings is 1. The molecule has 1 N–H and O–H groups in total. The fourth-order valence-electron chi connectivity index (χ4n) is 2.14. The van der Waals surface area contributed by atoms with E-state index in [2.05, 4.69) is 26.2 Å². The van der Waals surface area contributed by atoms with Crippen LogP contribution < -0.4 is 5.32 Å². The van der Waals surface area contributed by atoms with Crippen molar-refractivity contribution in [3.8, 4) is 11.3 Å². The van der Waals surface area contributed by atoms with Crippen molar-refractivity contribution >= 4 is 49.9 Å². The summed E-state index contributed by atoms with van der Waals surface area (Å²) in [5, 5.41) is 4.12. The summed E-state index contributed by atoms with van der Waals surface area (Å²) in [7, 11) is 0. The first-order valence-corrected chi connectivity index (χ1v) is 8.82. The zero-order valence-electron chi connectivity index (χ0n) is 12.1. The summed E-state index contributed by atoms with van der Waals surface area (Å²) in [6.07, 6.45) is 0. The van der Waals surface area contributed by atoms with Crippen LogP contribution in [-0.2, 0) is 0 Å². The van der Waals surface area contributed by atoms with E-state index in [0.717, 1.165) is 20.6 Å². The second kappa shape index (κ2) is 6.83. The van der Waals surface area contributed by atoms with Crippen LogP contribution in [0.2, 0.25) is 5.02 Å². The number of nitrogens with zero attached hydrogens (tertiary/aromatic N) is 1. The number of amides is 1. The number of nitrogens with one attached hydrogen (secondary N) is 1. The molecule has 0 aliphatic heterocycles. The molecule has 0 unspecified atom stereocenters. The van der Waals surface area contributed by atoms with Crippen molar-refractivity contribution < 1.29 is 4.79 Å². The molecule has 0 aliphatic carbocycles. The fourth-order valence-corrected chi connectivity index (χ4v) is 3.56. The van der Waals surface area contributed by atoms with Gasteiger partial charge in [0.2, 0.25) is 0 Å². The van der Waals surface area contributed by atoms with Gasteiger partial charge in [0.15, 0.2) is 5.13 Å². The molecule has 6 heteroatoms. The van der Waals surface area contributed by atoms with E-state index < -0.39 is 0 Å². The van der Waals surface area contributed by atoms with Crippen molar-refractivity contribution in [2.45, 2.75) is 6.92 Å². The van der Waals surface area contributed by atoms with Crippen LogP contribution in [0.4, 0.5) is 5.13 Å². The van der Waals surface area contributed by atoms with Gasteiger partial charge < -0.3 is 0 Å². The Bertz CT molecular complexity index is 861. The van der Waals surface area contributed by atoms with Crippen molar-refractivity contribution in [3.63, 3.8) is 0 Å². The van der Waals surface area contributed by atoms with Crippen LogP contribution in [-0.4, -0.2) is 10.9 Å². The van der Waals surface area contributed by atoms with Crippen LogP contribution in [0.3, 0.4) is 0 Å². The third kappa shape index (κ3) is 3.63. The number of hydrogen-bond donors (Lipinski definition) is 1. The van der Waals surface area contributed by atoms with E-state index in [0.29, 0.717) is 15.7 Å².